The van der Waals surface area contributed by atoms with Crippen molar-refractivity contribution in [2.24, 2.45) is 0 Å². The molecule has 1 fully saturated rings. The Morgan fingerprint density at radius 1 is 1.16 bits per heavy atom. The molecule has 0 aromatic heterocycles. The van der Waals surface area contributed by atoms with E-state index in [0.29, 0.717) is 0 Å². The highest BCUT2D eigenvalue weighted by Gasteiger charge is 2.25. The molecule has 1 heterocycles. The zero-order valence-corrected chi connectivity index (χ0v) is 15.3. The fraction of sp³-hybridized carbons (Fsp3) is 0.368. The van der Waals surface area contributed by atoms with Gasteiger partial charge in [0.15, 0.2) is 11.5 Å². The van der Waals surface area contributed by atoms with E-state index in [9.17, 15) is 4.39 Å². The highest BCUT2D eigenvalue weighted by molar-refractivity contribution is 5.85. The van der Waals surface area contributed by atoms with Crippen LogP contribution in [0.3, 0.4) is 0 Å². The third-order valence-corrected chi connectivity index (χ3v) is 4.45. The van der Waals surface area contributed by atoms with Gasteiger partial charge in [-0.25, -0.2) is 4.39 Å². The van der Waals surface area contributed by atoms with Crippen LogP contribution in [0.25, 0.3) is 0 Å². The van der Waals surface area contributed by atoms with Crippen molar-refractivity contribution in [2.45, 2.75) is 12.6 Å². The smallest absolute Gasteiger partial charge is 0.165 e. The van der Waals surface area contributed by atoms with Crippen molar-refractivity contribution in [1.29, 1.82) is 0 Å². The lowest BCUT2D eigenvalue weighted by Crippen LogP contribution is -2.45. The summed E-state index contributed by atoms with van der Waals surface area (Å²) in [6.45, 7) is 3.33. The number of rotatable bonds is 5. The van der Waals surface area contributed by atoms with Gasteiger partial charge in [-0.2, -0.15) is 0 Å². The van der Waals surface area contributed by atoms with Gasteiger partial charge in [-0.3, -0.25) is 4.90 Å². The molecule has 4 nitrogen and oxygen atoms in total. The Hall–Kier alpha value is -1.82. The van der Waals surface area contributed by atoms with Crippen LogP contribution in [0, 0.1) is 5.82 Å². The second-order valence-electron chi connectivity index (χ2n) is 5.90. The molecule has 1 aliphatic heterocycles. The van der Waals surface area contributed by atoms with Crippen LogP contribution in [0.15, 0.2) is 42.5 Å². The topological polar surface area (TPSA) is 33.7 Å². The molecule has 136 valence electrons. The summed E-state index contributed by atoms with van der Waals surface area (Å²) in [4.78, 5) is 2.35. The Labute approximate surface area is 154 Å². The van der Waals surface area contributed by atoms with E-state index in [4.69, 9.17) is 9.47 Å². The van der Waals surface area contributed by atoms with Crippen molar-refractivity contribution in [3.63, 3.8) is 0 Å². The Morgan fingerprint density at radius 3 is 2.68 bits per heavy atom. The lowest BCUT2D eigenvalue weighted by atomic mass is 10.0. The summed E-state index contributed by atoms with van der Waals surface area (Å²) in [5, 5.41) is 3.40. The molecule has 1 aliphatic rings. The van der Waals surface area contributed by atoms with Gasteiger partial charge in [-0.15, -0.1) is 12.4 Å². The van der Waals surface area contributed by atoms with Crippen molar-refractivity contribution in [3.8, 4) is 11.5 Å². The Balaban J connectivity index is 0.00000225. The number of nitrogens with one attached hydrogen (secondary N) is 1. The van der Waals surface area contributed by atoms with Crippen LogP contribution >= 0.6 is 12.4 Å². The van der Waals surface area contributed by atoms with Crippen LogP contribution in [-0.4, -0.2) is 38.8 Å². The summed E-state index contributed by atoms with van der Waals surface area (Å²) in [7, 11) is 3.30. The molecular weight excluding hydrogens is 343 g/mol. The third-order valence-electron chi connectivity index (χ3n) is 4.45. The van der Waals surface area contributed by atoms with Crippen molar-refractivity contribution < 1.29 is 13.9 Å². The van der Waals surface area contributed by atoms with Crippen molar-refractivity contribution in [1.82, 2.24) is 10.2 Å². The van der Waals surface area contributed by atoms with Gasteiger partial charge >= 0.3 is 0 Å². The van der Waals surface area contributed by atoms with Crippen molar-refractivity contribution >= 4 is 12.4 Å². The molecule has 0 aliphatic carbocycles. The van der Waals surface area contributed by atoms with Crippen LogP contribution in [0.5, 0.6) is 11.5 Å². The largest absolute Gasteiger partial charge is 0.493 e. The first-order chi connectivity index (χ1) is 11.7. The Kier molecular flexibility index (Phi) is 7.05. The molecule has 1 unspecified atom stereocenters. The van der Waals surface area contributed by atoms with Crippen LogP contribution in [-0.2, 0) is 6.54 Å². The molecule has 0 spiro atoms. The molecule has 1 saturated heterocycles. The highest BCUT2D eigenvalue weighted by atomic mass is 35.5. The number of methoxy groups -OCH3 is 2. The van der Waals surface area contributed by atoms with E-state index in [1.807, 2.05) is 24.3 Å². The molecule has 0 bridgehead atoms. The quantitative estimate of drug-likeness (QED) is 0.879. The number of benzene rings is 2. The number of ether oxygens (including phenoxy) is 2. The molecule has 6 heteroatoms. The third kappa shape index (κ3) is 4.42. The minimum Gasteiger partial charge on any atom is -0.493 e. The van der Waals surface area contributed by atoms with E-state index in [-0.39, 0.29) is 24.3 Å². The highest BCUT2D eigenvalue weighted by Crippen LogP contribution is 2.33. The number of hydrogen-bond acceptors (Lipinski definition) is 4. The molecule has 0 saturated carbocycles. The molecule has 25 heavy (non-hydrogen) atoms. The molecule has 1 N–H and O–H groups in total. The summed E-state index contributed by atoms with van der Waals surface area (Å²) in [6.07, 6.45) is 0. The first-order valence-corrected chi connectivity index (χ1v) is 8.13. The van der Waals surface area contributed by atoms with E-state index in [0.717, 1.165) is 48.8 Å². The van der Waals surface area contributed by atoms with Gasteiger partial charge in [0.2, 0.25) is 0 Å². The van der Waals surface area contributed by atoms with Gasteiger partial charge < -0.3 is 14.8 Å². The average Bonchev–Trinajstić information content (AvgIpc) is 2.62. The molecule has 3 rings (SSSR count). The lowest BCUT2D eigenvalue weighted by molar-refractivity contribution is 0.151. The average molecular weight is 367 g/mol. The molecule has 1 atom stereocenters. The van der Waals surface area contributed by atoms with Crippen molar-refractivity contribution in [2.75, 3.05) is 33.9 Å². The zero-order valence-electron chi connectivity index (χ0n) is 14.5. The van der Waals surface area contributed by atoms with E-state index < -0.39 is 0 Å². The van der Waals surface area contributed by atoms with Crippen LogP contribution in [0.2, 0.25) is 0 Å². The van der Waals surface area contributed by atoms with Crippen molar-refractivity contribution in [3.05, 3.63) is 59.4 Å². The minimum atomic E-state index is -0.197. The Bertz CT molecular complexity index is 699. The SMILES string of the molecule is COc1cccc(CN2CCNCC2c2cccc(F)c2)c1OC.Cl. The fourth-order valence-electron chi connectivity index (χ4n) is 3.28. The lowest BCUT2D eigenvalue weighted by Gasteiger charge is -2.37. The molecule has 0 amide bonds. The normalized spacial score (nSPS) is 17.6. The number of para-hydroxylation sites is 1. The molecule has 2 aromatic carbocycles. The predicted octanol–water partition coefficient (Wildman–Crippen LogP) is 3.41. The van der Waals surface area contributed by atoms with E-state index in [1.54, 1.807) is 26.4 Å². The first-order valence-electron chi connectivity index (χ1n) is 8.13. The fourth-order valence-corrected chi connectivity index (χ4v) is 3.28. The maximum Gasteiger partial charge on any atom is 0.165 e. The second-order valence-corrected chi connectivity index (χ2v) is 5.90. The van der Waals surface area contributed by atoms with Gasteiger partial charge in [-0.05, 0) is 23.8 Å². The zero-order chi connectivity index (χ0) is 16.9. The monoisotopic (exact) mass is 366 g/mol. The van der Waals surface area contributed by atoms with E-state index >= 15 is 0 Å². The van der Waals surface area contributed by atoms with Crippen LogP contribution in [0.4, 0.5) is 4.39 Å². The van der Waals surface area contributed by atoms with Crippen LogP contribution < -0.4 is 14.8 Å². The number of hydrogen-bond donors (Lipinski definition) is 1. The summed E-state index contributed by atoms with van der Waals surface area (Å²) >= 11 is 0. The number of nitrogens with zero attached hydrogens (tertiary/aromatic N) is 1. The van der Waals surface area contributed by atoms with Gasteiger partial charge in [0.05, 0.1) is 14.2 Å². The Morgan fingerprint density at radius 2 is 1.96 bits per heavy atom. The van der Waals surface area contributed by atoms with Crippen LogP contribution in [0.1, 0.15) is 17.2 Å². The minimum absolute atomic E-state index is 0. The van der Waals surface area contributed by atoms with Gasteiger partial charge in [-0.1, -0.05) is 24.3 Å². The maximum absolute atomic E-state index is 13.6. The maximum atomic E-state index is 13.6. The molecule has 0 radical (unpaired) electrons. The summed E-state index contributed by atoms with van der Waals surface area (Å²) in [6, 6.07) is 12.9. The van der Waals surface area contributed by atoms with Gasteiger partial charge in [0.1, 0.15) is 5.82 Å². The molecular formula is C19H24ClFN2O2. The summed E-state index contributed by atoms with van der Waals surface area (Å²) in [5.41, 5.74) is 2.06. The van der Waals surface area contributed by atoms with E-state index in [2.05, 4.69) is 10.2 Å². The summed E-state index contributed by atoms with van der Waals surface area (Å²) in [5.74, 6) is 1.29. The molecule has 2 aromatic rings. The van der Waals surface area contributed by atoms with E-state index in [1.165, 1.54) is 6.07 Å². The summed E-state index contributed by atoms with van der Waals surface area (Å²) < 4.78 is 24.5. The first kappa shape index (κ1) is 19.5. The second kappa shape index (κ2) is 9.04. The van der Waals surface area contributed by atoms with Gasteiger partial charge in [0, 0.05) is 37.8 Å². The standard InChI is InChI=1S/C19H23FN2O2.ClH/c1-23-18-8-4-6-15(19(18)24-2)13-22-10-9-21-12-17(22)14-5-3-7-16(20)11-14;/h3-8,11,17,21H,9-10,12-13H2,1-2H3;1H. The van der Waals surface area contributed by atoms with Gasteiger partial charge in [0.25, 0.3) is 0 Å². The number of halogens is 2. The number of piperazine rings is 1. The predicted molar refractivity (Wildman–Crippen MR) is 99.2 cm³/mol.